The lowest BCUT2D eigenvalue weighted by molar-refractivity contribution is 0.339. The molecule has 1 aromatic carbocycles. The first-order valence-electron chi connectivity index (χ1n) is 7.75. The summed E-state index contributed by atoms with van der Waals surface area (Å²) in [4.78, 5) is 4.34. The van der Waals surface area contributed by atoms with Crippen molar-refractivity contribution in [1.82, 2.24) is 10.3 Å². The Kier molecular flexibility index (Phi) is 5.33. The van der Waals surface area contributed by atoms with Gasteiger partial charge in [-0.2, -0.15) is 5.26 Å². The molecule has 1 aliphatic rings. The fourth-order valence-corrected chi connectivity index (χ4v) is 3.27. The minimum atomic E-state index is -0.167. The van der Waals surface area contributed by atoms with Crippen LogP contribution in [0.1, 0.15) is 30.9 Å². The monoisotopic (exact) mass is 344 g/mol. The number of phenolic OH excluding ortho intramolecular Hbond substituents is 1. The van der Waals surface area contributed by atoms with E-state index in [2.05, 4.69) is 23.3 Å². The van der Waals surface area contributed by atoms with Gasteiger partial charge in [0.25, 0.3) is 0 Å². The predicted octanol–water partition coefficient (Wildman–Crippen LogP) is 2.97. The number of anilines is 1. The third kappa shape index (κ3) is 3.16. The number of aromatic hydroxyl groups is 1. The lowest BCUT2D eigenvalue weighted by Crippen LogP contribution is -2.41. The van der Waals surface area contributed by atoms with Gasteiger partial charge in [0.15, 0.2) is 0 Å². The highest BCUT2D eigenvalue weighted by molar-refractivity contribution is 5.85. The minimum Gasteiger partial charge on any atom is -0.507 e. The fourth-order valence-electron chi connectivity index (χ4n) is 3.27. The van der Waals surface area contributed by atoms with Gasteiger partial charge >= 0.3 is 0 Å². The summed E-state index contributed by atoms with van der Waals surface area (Å²) < 4.78 is 0. The van der Waals surface area contributed by atoms with Crippen LogP contribution in [-0.4, -0.2) is 23.2 Å². The molecule has 2 heterocycles. The summed E-state index contributed by atoms with van der Waals surface area (Å²) in [5.41, 5.74) is 8.44. The maximum atomic E-state index is 10.1. The average molecular weight is 345 g/mol. The van der Waals surface area contributed by atoms with Crippen LogP contribution in [0.2, 0.25) is 0 Å². The Hall–Kier alpha value is -2.29. The smallest absolute Gasteiger partial charge is 0.142 e. The molecule has 1 saturated heterocycles. The van der Waals surface area contributed by atoms with Gasteiger partial charge in [0.05, 0.1) is 11.3 Å². The molecule has 0 spiro atoms. The van der Waals surface area contributed by atoms with E-state index in [-0.39, 0.29) is 29.4 Å². The van der Waals surface area contributed by atoms with Crippen molar-refractivity contribution in [3.05, 3.63) is 41.5 Å². The van der Waals surface area contributed by atoms with Gasteiger partial charge in [0, 0.05) is 17.5 Å². The second-order valence-electron chi connectivity index (χ2n) is 6.29. The maximum absolute atomic E-state index is 10.1. The number of hydrogen-bond donors (Lipinski definition) is 3. The van der Waals surface area contributed by atoms with Gasteiger partial charge in [0.2, 0.25) is 0 Å². The predicted molar refractivity (Wildman–Crippen MR) is 97.2 cm³/mol. The topological polar surface area (TPSA) is 95.0 Å². The van der Waals surface area contributed by atoms with Crippen molar-refractivity contribution in [2.45, 2.75) is 25.2 Å². The molecule has 0 radical (unpaired) electrons. The first-order chi connectivity index (χ1) is 11.0. The van der Waals surface area contributed by atoms with Crippen LogP contribution in [-0.2, 0) is 5.41 Å². The third-order valence-corrected chi connectivity index (χ3v) is 4.59. The van der Waals surface area contributed by atoms with Crippen LogP contribution >= 0.6 is 12.4 Å². The highest BCUT2D eigenvalue weighted by Crippen LogP contribution is 2.38. The Morgan fingerprint density at radius 1 is 1.38 bits per heavy atom. The van der Waals surface area contributed by atoms with Gasteiger partial charge in [-0.25, -0.2) is 4.98 Å². The first-order valence-corrected chi connectivity index (χ1v) is 7.75. The molecule has 126 valence electrons. The Bertz CT molecular complexity index is 779. The van der Waals surface area contributed by atoms with Crippen molar-refractivity contribution in [3.8, 4) is 23.1 Å². The lowest BCUT2D eigenvalue weighted by Gasteiger charge is -2.35. The van der Waals surface area contributed by atoms with Crippen LogP contribution < -0.4 is 11.1 Å². The summed E-state index contributed by atoms with van der Waals surface area (Å²) in [6.07, 6.45) is 2.04. The summed E-state index contributed by atoms with van der Waals surface area (Å²) in [6, 6.07) is 11.1. The van der Waals surface area contributed by atoms with Crippen LogP contribution in [0.3, 0.4) is 0 Å². The molecule has 5 nitrogen and oxygen atoms in total. The maximum Gasteiger partial charge on any atom is 0.142 e. The minimum absolute atomic E-state index is 0. The van der Waals surface area contributed by atoms with Crippen LogP contribution in [0.15, 0.2) is 30.3 Å². The number of piperidine rings is 1. The molecule has 1 aromatic heterocycles. The summed E-state index contributed by atoms with van der Waals surface area (Å²) in [5.74, 6) is 0.372. The van der Waals surface area contributed by atoms with Gasteiger partial charge < -0.3 is 16.2 Å². The molecule has 1 aliphatic heterocycles. The number of nitriles is 1. The number of hydrogen-bond acceptors (Lipinski definition) is 5. The highest BCUT2D eigenvalue weighted by Gasteiger charge is 2.32. The average Bonchev–Trinajstić information content (AvgIpc) is 2.55. The van der Waals surface area contributed by atoms with E-state index in [0.717, 1.165) is 31.5 Å². The van der Waals surface area contributed by atoms with Crippen molar-refractivity contribution in [2.24, 2.45) is 0 Å². The number of aromatic nitrogens is 1. The van der Waals surface area contributed by atoms with E-state index >= 15 is 0 Å². The Balaban J connectivity index is 0.00000208. The molecule has 6 heteroatoms. The second kappa shape index (κ2) is 7.08. The van der Waals surface area contributed by atoms with Gasteiger partial charge in [-0.1, -0.05) is 19.1 Å². The summed E-state index contributed by atoms with van der Waals surface area (Å²) >= 11 is 0. The number of pyridine rings is 1. The Morgan fingerprint density at radius 2 is 2.12 bits per heavy atom. The number of benzene rings is 1. The van der Waals surface area contributed by atoms with Crippen molar-refractivity contribution in [3.63, 3.8) is 0 Å². The number of phenols is 1. The normalized spacial score (nSPS) is 20.0. The van der Waals surface area contributed by atoms with E-state index in [0.29, 0.717) is 16.8 Å². The van der Waals surface area contributed by atoms with Crippen LogP contribution in [0.4, 0.5) is 5.82 Å². The van der Waals surface area contributed by atoms with Crippen LogP contribution in [0, 0.1) is 11.3 Å². The van der Waals surface area contributed by atoms with Crippen molar-refractivity contribution >= 4 is 18.2 Å². The highest BCUT2D eigenvalue weighted by atomic mass is 35.5. The molecule has 0 bridgehead atoms. The molecule has 2 aromatic rings. The second-order valence-corrected chi connectivity index (χ2v) is 6.29. The molecule has 1 fully saturated rings. The van der Waals surface area contributed by atoms with E-state index in [1.807, 2.05) is 12.1 Å². The molecular weight excluding hydrogens is 324 g/mol. The van der Waals surface area contributed by atoms with E-state index in [9.17, 15) is 10.4 Å². The third-order valence-electron chi connectivity index (χ3n) is 4.59. The number of halogens is 1. The molecular formula is C18H21ClN4O. The standard InChI is InChI=1S/C18H20N4O.ClH/c1-18(7-4-8-21-11-18)14-9-15(22-17(20)13(14)10-19)12-5-2-3-6-16(12)23;/h2-3,5-6,9,21,23H,4,7-8,11H2,1H3,(H2,20,22);1H. The van der Waals surface area contributed by atoms with Crippen LogP contribution in [0.25, 0.3) is 11.3 Å². The van der Waals surface area contributed by atoms with Crippen molar-refractivity contribution < 1.29 is 5.11 Å². The van der Waals surface area contributed by atoms with Gasteiger partial charge in [0.1, 0.15) is 17.6 Å². The van der Waals surface area contributed by atoms with Crippen molar-refractivity contribution in [1.29, 1.82) is 5.26 Å². The number of nitrogen functional groups attached to an aromatic ring is 1. The molecule has 0 aliphatic carbocycles. The molecule has 3 rings (SSSR count). The summed E-state index contributed by atoms with van der Waals surface area (Å²) in [5, 5.41) is 23.0. The Labute approximate surface area is 147 Å². The number of nitrogens with zero attached hydrogens (tertiary/aromatic N) is 2. The molecule has 1 atom stereocenters. The SMILES string of the molecule is CC1(c2cc(-c3ccccc3O)nc(N)c2C#N)CCCNC1.Cl. The lowest BCUT2D eigenvalue weighted by atomic mass is 9.74. The molecule has 24 heavy (non-hydrogen) atoms. The van der Waals surface area contributed by atoms with Gasteiger partial charge in [-0.05, 0) is 43.1 Å². The molecule has 0 amide bonds. The largest absolute Gasteiger partial charge is 0.507 e. The number of rotatable bonds is 2. The zero-order valence-corrected chi connectivity index (χ0v) is 14.4. The summed E-state index contributed by atoms with van der Waals surface area (Å²) in [6.45, 7) is 3.93. The van der Waals surface area contributed by atoms with E-state index in [1.165, 1.54) is 0 Å². The molecule has 1 unspecified atom stereocenters. The zero-order valence-electron chi connectivity index (χ0n) is 13.5. The van der Waals surface area contributed by atoms with E-state index < -0.39 is 0 Å². The number of nitrogens with one attached hydrogen (secondary N) is 1. The van der Waals surface area contributed by atoms with Crippen molar-refractivity contribution in [2.75, 3.05) is 18.8 Å². The molecule has 4 N–H and O–H groups in total. The van der Waals surface area contributed by atoms with Crippen LogP contribution in [0.5, 0.6) is 5.75 Å². The zero-order chi connectivity index (χ0) is 16.4. The summed E-state index contributed by atoms with van der Waals surface area (Å²) in [7, 11) is 0. The first kappa shape index (κ1) is 18.1. The fraction of sp³-hybridized carbons (Fsp3) is 0.333. The van der Waals surface area contributed by atoms with Gasteiger partial charge in [-0.3, -0.25) is 0 Å². The van der Waals surface area contributed by atoms with Gasteiger partial charge in [-0.15, -0.1) is 12.4 Å². The quantitative estimate of drug-likeness (QED) is 0.778. The van der Waals surface area contributed by atoms with E-state index in [4.69, 9.17) is 5.73 Å². The number of nitrogens with two attached hydrogens (primary N) is 1. The molecule has 0 saturated carbocycles. The van der Waals surface area contributed by atoms with E-state index in [1.54, 1.807) is 18.2 Å². The Morgan fingerprint density at radius 3 is 2.75 bits per heavy atom. The number of para-hydroxylation sites is 1.